The molecule has 0 unspecified atom stereocenters. The Hall–Kier alpha value is -0.0500. The van der Waals surface area contributed by atoms with Crippen molar-refractivity contribution in [1.82, 2.24) is 0 Å². The SMILES string of the molecule is C1CCOC1.Clc1ccc(Br)cc1. The van der Waals surface area contributed by atoms with Gasteiger partial charge in [0.1, 0.15) is 0 Å². The molecule has 0 bridgehead atoms. The van der Waals surface area contributed by atoms with E-state index in [9.17, 15) is 0 Å². The van der Waals surface area contributed by atoms with Crippen LogP contribution in [0, 0.1) is 0 Å². The molecule has 3 heteroatoms. The van der Waals surface area contributed by atoms with Gasteiger partial charge in [-0.15, -0.1) is 0 Å². The van der Waals surface area contributed by atoms with Gasteiger partial charge in [-0.3, -0.25) is 0 Å². The number of ether oxygens (including phenoxy) is 1. The first-order valence-corrected chi connectivity index (χ1v) is 5.45. The van der Waals surface area contributed by atoms with Gasteiger partial charge in [0.05, 0.1) is 0 Å². The molecule has 1 heterocycles. The quantitative estimate of drug-likeness (QED) is 0.690. The van der Waals surface area contributed by atoms with E-state index in [0.717, 1.165) is 22.7 Å². The van der Waals surface area contributed by atoms with E-state index in [4.69, 9.17) is 16.3 Å². The first-order chi connectivity index (χ1) is 6.29. The Balaban J connectivity index is 0.000000145. The number of rotatable bonds is 0. The van der Waals surface area contributed by atoms with Crippen molar-refractivity contribution in [3.05, 3.63) is 33.8 Å². The minimum atomic E-state index is 0.771. The Morgan fingerprint density at radius 3 is 1.92 bits per heavy atom. The molecule has 13 heavy (non-hydrogen) atoms. The van der Waals surface area contributed by atoms with Crippen LogP contribution in [-0.4, -0.2) is 13.2 Å². The number of hydrogen-bond acceptors (Lipinski definition) is 1. The molecular weight excluding hydrogens is 251 g/mol. The molecule has 1 nitrogen and oxygen atoms in total. The largest absolute Gasteiger partial charge is 0.381 e. The van der Waals surface area contributed by atoms with Gasteiger partial charge in [-0.1, -0.05) is 27.5 Å². The highest BCUT2D eigenvalue weighted by atomic mass is 79.9. The molecule has 0 amide bonds. The minimum Gasteiger partial charge on any atom is -0.381 e. The Labute approximate surface area is 92.2 Å². The van der Waals surface area contributed by atoms with Crippen LogP contribution in [0.5, 0.6) is 0 Å². The standard InChI is InChI=1S/C6H4BrCl.C4H8O/c7-5-1-3-6(8)4-2-5;1-2-4-5-3-1/h1-4H;1-4H2. The number of halogens is 2. The van der Waals surface area contributed by atoms with Gasteiger partial charge in [0.2, 0.25) is 0 Å². The second-order valence-electron chi connectivity index (χ2n) is 2.76. The van der Waals surface area contributed by atoms with Crippen molar-refractivity contribution in [2.45, 2.75) is 12.8 Å². The van der Waals surface area contributed by atoms with Crippen molar-refractivity contribution in [2.24, 2.45) is 0 Å². The van der Waals surface area contributed by atoms with Crippen molar-refractivity contribution in [1.29, 1.82) is 0 Å². The molecule has 0 aromatic heterocycles. The zero-order valence-electron chi connectivity index (χ0n) is 7.30. The monoisotopic (exact) mass is 262 g/mol. The molecule has 0 saturated carbocycles. The first-order valence-electron chi connectivity index (χ1n) is 4.28. The topological polar surface area (TPSA) is 9.23 Å². The van der Waals surface area contributed by atoms with Crippen LogP contribution in [0.15, 0.2) is 28.7 Å². The molecule has 1 aromatic rings. The fourth-order valence-corrected chi connectivity index (χ4v) is 1.33. The summed E-state index contributed by atoms with van der Waals surface area (Å²) in [6, 6.07) is 7.49. The summed E-state index contributed by atoms with van der Waals surface area (Å²) in [6.45, 7) is 2.00. The zero-order valence-corrected chi connectivity index (χ0v) is 9.64. The highest BCUT2D eigenvalue weighted by molar-refractivity contribution is 9.10. The summed E-state index contributed by atoms with van der Waals surface area (Å²) in [4.78, 5) is 0. The molecule has 0 spiro atoms. The summed E-state index contributed by atoms with van der Waals surface area (Å²) in [7, 11) is 0. The van der Waals surface area contributed by atoms with E-state index in [2.05, 4.69) is 15.9 Å². The van der Waals surface area contributed by atoms with Crippen molar-refractivity contribution in [3.63, 3.8) is 0 Å². The molecule has 2 rings (SSSR count). The average Bonchev–Trinajstić information content (AvgIpc) is 2.68. The van der Waals surface area contributed by atoms with E-state index in [1.807, 2.05) is 24.3 Å². The van der Waals surface area contributed by atoms with Crippen LogP contribution in [0.1, 0.15) is 12.8 Å². The lowest BCUT2D eigenvalue weighted by Gasteiger charge is -1.86. The molecule has 1 aliphatic rings. The first kappa shape index (κ1) is 11.0. The molecule has 1 aromatic carbocycles. The second-order valence-corrected chi connectivity index (χ2v) is 4.11. The summed E-state index contributed by atoms with van der Waals surface area (Å²) in [5.41, 5.74) is 0. The van der Waals surface area contributed by atoms with Gasteiger partial charge in [0.15, 0.2) is 0 Å². The van der Waals surface area contributed by atoms with E-state index in [0.29, 0.717) is 0 Å². The minimum absolute atomic E-state index is 0.771. The van der Waals surface area contributed by atoms with Crippen molar-refractivity contribution >= 4 is 27.5 Å². The van der Waals surface area contributed by atoms with E-state index in [1.165, 1.54) is 12.8 Å². The molecular formula is C10H12BrClO. The molecule has 0 aliphatic carbocycles. The van der Waals surface area contributed by atoms with Crippen LogP contribution in [-0.2, 0) is 4.74 Å². The van der Waals surface area contributed by atoms with Crippen molar-refractivity contribution < 1.29 is 4.74 Å². The van der Waals surface area contributed by atoms with E-state index < -0.39 is 0 Å². The fraction of sp³-hybridized carbons (Fsp3) is 0.400. The van der Waals surface area contributed by atoms with Crippen LogP contribution in [0.25, 0.3) is 0 Å². The Morgan fingerprint density at radius 1 is 1.08 bits per heavy atom. The molecule has 1 fully saturated rings. The summed E-state index contributed by atoms with van der Waals surface area (Å²) in [5, 5.41) is 0.771. The molecule has 72 valence electrons. The maximum absolute atomic E-state index is 5.59. The van der Waals surface area contributed by atoms with Gasteiger partial charge >= 0.3 is 0 Å². The average molecular weight is 264 g/mol. The second kappa shape index (κ2) is 6.41. The van der Waals surface area contributed by atoms with Gasteiger partial charge in [0.25, 0.3) is 0 Å². The van der Waals surface area contributed by atoms with Crippen molar-refractivity contribution in [2.75, 3.05) is 13.2 Å². The molecule has 1 aliphatic heterocycles. The normalized spacial score (nSPS) is 14.9. The smallest absolute Gasteiger partial charge is 0.0466 e. The van der Waals surface area contributed by atoms with Crippen LogP contribution >= 0.6 is 27.5 Å². The summed E-state index contributed by atoms with van der Waals surface area (Å²) < 4.78 is 6.00. The van der Waals surface area contributed by atoms with Crippen LogP contribution in [0.4, 0.5) is 0 Å². The van der Waals surface area contributed by atoms with E-state index in [1.54, 1.807) is 0 Å². The van der Waals surface area contributed by atoms with E-state index in [-0.39, 0.29) is 0 Å². The third-order valence-corrected chi connectivity index (χ3v) is 2.41. The van der Waals surface area contributed by atoms with E-state index >= 15 is 0 Å². The maximum Gasteiger partial charge on any atom is 0.0466 e. The highest BCUT2D eigenvalue weighted by Gasteiger charge is 1.94. The number of benzene rings is 1. The predicted molar refractivity (Wildman–Crippen MR) is 59.2 cm³/mol. The predicted octanol–water partition coefficient (Wildman–Crippen LogP) is 3.90. The van der Waals surface area contributed by atoms with Crippen LogP contribution in [0.3, 0.4) is 0 Å². The third-order valence-electron chi connectivity index (χ3n) is 1.63. The lowest BCUT2D eigenvalue weighted by molar-refractivity contribution is 0.198. The van der Waals surface area contributed by atoms with Crippen LogP contribution in [0.2, 0.25) is 5.02 Å². The molecule has 1 saturated heterocycles. The third kappa shape index (κ3) is 5.29. The van der Waals surface area contributed by atoms with Gasteiger partial charge in [0, 0.05) is 22.7 Å². The van der Waals surface area contributed by atoms with Gasteiger partial charge in [-0.05, 0) is 37.1 Å². The zero-order chi connectivity index (χ0) is 9.52. The maximum atomic E-state index is 5.59. The summed E-state index contributed by atoms with van der Waals surface area (Å²) in [5.74, 6) is 0. The summed E-state index contributed by atoms with van der Waals surface area (Å²) in [6.07, 6.45) is 2.56. The number of hydrogen-bond donors (Lipinski definition) is 0. The molecule has 0 radical (unpaired) electrons. The Morgan fingerprint density at radius 2 is 1.62 bits per heavy atom. The molecule has 0 N–H and O–H groups in total. The molecule has 0 atom stereocenters. The lowest BCUT2D eigenvalue weighted by Crippen LogP contribution is -1.74. The van der Waals surface area contributed by atoms with Gasteiger partial charge in [-0.25, -0.2) is 0 Å². The van der Waals surface area contributed by atoms with Gasteiger partial charge in [-0.2, -0.15) is 0 Å². The lowest BCUT2D eigenvalue weighted by atomic mass is 10.4. The highest BCUT2D eigenvalue weighted by Crippen LogP contribution is 2.13. The van der Waals surface area contributed by atoms with Crippen molar-refractivity contribution in [3.8, 4) is 0 Å². The Bertz CT molecular complexity index is 203. The van der Waals surface area contributed by atoms with Crippen LogP contribution < -0.4 is 0 Å². The summed E-state index contributed by atoms with van der Waals surface area (Å²) >= 11 is 8.88. The van der Waals surface area contributed by atoms with Gasteiger partial charge < -0.3 is 4.74 Å². The Kier molecular flexibility index (Phi) is 5.44. The fourth-order valence-electron chi connectivity index (χ4n) is 0.940.